The second-order valence-corrected chi connectivity index (χ2v) is 7.09. The second-order valence-electron chi connectivity index (χ2n) is 7.09. The van der Waals surface area contributed by atoms with E-state index in [0.29, 0.717) is 12.0 Å². The number of hydrogen-bond acceptors (Lipinski definition) is 3. The number of ether oxygens (including phenoxy) is 1. The third kappa shape index (κ3) is 4.22. The molecular formula is C23H25NO3. The summed E-state index contributed by atoms with van der Waals surface area (Å²) in [5.74, 6) is 1.12. The number of aromatic hydroxyl groups is 1. The van der Waals surface area contributed by atoms with E-state index in [1.165, 1.54) is 0 Å². The molecule has 3 aromatic carbocycles. The van der Waals surface area contributed by atoms with Gasteiger partial charge < -0.3 is 15.2 Å². The van der Waals surface area contributed by atoms with Crippen LogP contribution in [0.25, 0.3) is 10.8 Å². The largest absolute Gasteiger partial charge is 0.508 e. The van der Waals surface area contributed by atoms with E-state index in [4.69, 9.17) is 4.74 Å². The van der Waals surface area contributed by atoms with Crippen molar-refractivity contribution in [2.45, 2.75) is 26.3 Å². The van der Waals surface area contributed by atoms with Crippen molar-refractivity contribution in [3.8, 4) is 11.5 Å². The molecule has 27 heavy (non-hydrogen) atoms. The molecular weight excluding hydrogens is 338 g/mol. The molecule has 0 heterocycles. The van der Waals surface area contributed by atoms with Crippen molar-refractivity contribution in [2.75, 3.05) is 7.11 Å². The fourth-order valence-corrected chi connectivity index (χ4v) is 3.30. The minimum Gasteiger partial charge on any atom is -0.508 e. The molecule has 140 valence electrons. The third-order valence-electron chi connectivity index (χ3n) is 4.58. The van der Waals surface area contributed by atoms with Crippen LogP contribution in [0.5, 0.6) is 11.5 Å². The lowest BCUT2D eigenvalue weighted by molar-refractivity contribution is -0.122. The zero-order chi connectivity index (χ0) is 19.4. The third-order valence-corrected chi connectivity index (χ3v) is 4.58. The molecule has 0 aliphatic heterocycles. The summed E-state index contributed by atoms with van der Waals surface area (Å²) >= 11 is 0. The van der Waals surface area contributed by atoms with Crippen molar-refractivity contribution < 1.29 is 14.6 Å². The van der Waals surface area contributed by atoms with Gasteiger partial charge in [0.15, 0.2) is 0 Å². The van der Waals surface area contributed by atoms with Gasteiger partial charge in [0.1, 0.15) is 11.5 Å². The highest BCUT2D eigenvalue weighted by Gasteiger charge is 2.23. The van der Waals surface area contributed by atoms with Crippen LogP contribution in [0.2, 0.25) is 0 Å². The predicted octanol–water partition coefficient (Wildman–Crippen LogP) is 4.81. The van der Waals surface area contributed by atoms with Gasteiger partial charge in [-0.25, -0.2) is 0 Å². The number of amides is 1. The number of fused-ring (bicyclic) bond motifs is 1. The summed E-state index contributed by atoms with van der Waals surface area (Å²) in [5.41, 5.74) is 1.59. The molecule has 0 aliphatic carbocycles. The maximum atomic E-state index is 12.6. The number of methoxy groups -OCH3 is 1. The maximum Gasteiger partial charge on any atom is 0.221 e. The Morgan fingerprint density at radius 1 is 1.04 bits per heavy atom. The van der Waals surface area contributed by atoms with Crippen LogP contribution in [0.4, 0.5) is 0 Å². The Kier molecular flexibility index (Phi) is 5.65. The summed E-state index contributed by atoms with van der Waals surface area (Å²) in [6, 6.07) is 18.5. The van der Waals surface area contributed by atoms with Crippen LogP contribution in [-0.4, -0.2) is 18.1 Å². The zero-order valence-electron chi connectivity index (χ0n) is 15.9. The number of phenols is 1. The second kappa shape index (κ2) is 8.12. The van der Waals surface area contributed by atoms with Crippen LogP contribution in [0.15, 0.2) is 60.7 Å². The van der Waals surface area contributed by atoms with E-state index >= 15 is 0 Å². The van der Waals surface area contributed by atoms with Gasteiger partial charge >= 0.3 is 0 Å². The highest BCUT2D eigenvalue weighted by molar-refractivity contribution is 5.89. The van der Waals surface area contributed by atoms with Crippen molar-refractivity contribution >= 4 is 16.7 Å². The number of benzene rings is 3. The Morgan fingerprint density at radius 3 is 2.41 bits per heavy atom. The van der Waals surface area contributed by atoms with Gasteiger partial charge in [0, 0.05) is 12.0 Å². The summed E-state index contributed by atoms with van der Waals surface area (Å²) < 4.78 is 5.25. The summed E-state index contributed by atoms with van der Waals surface area (Å²) in [5, 5.41) is 15.7. The Bertz CT molecular complexity index is 932. The van der Waals surface area contributed by atoms with Crippen LogP contribution >= 0.6 is 0 Å². The van der Waals surface area contributed by atoms with Gasteiger partial charge in [-0.15, -0.1) is 0 Å². The van der Waals surface area contributed by atoms with Crippen LogP contribution in [0.1, 0.15) is 37.4 Å². The molecule has 0 aliphatic rings. The first kappa shape index (κ1) is 18.8. The Hall–Kier alpha value is -3.01. The minimum atomic E-state index is -0.451. The summed E-state index contributed by atoms with van der Waals surface area (Å²) in [6.07, 6.45) is 0.429. The first-order valence-electron chi connectivity index (χ1n) is 9.13. The molecule has 0 fully saturated rings. The van der Waals surface area contributed by atoms with Crippen LogP contribution in [0, 0.1) is 5.92 Å². The minimum absolute atomic E-state index is 0.0434. The number of phenolic OH excluding ortho intramolecular Hbond substituents is 1. The molecule has 3 rings (SSSR count). The Labute approximate surface area is 159 Å². The molecule has 0 saturated heterocycles. The molecule has 0 spiro atoms. The fourth-order valence-electron chi connectivity index (χ4n) is 3.30. The highest BCUT2D eigenvalue weighted by atomic mass is 16.5. The lowest BCUT2D eigenvalue weighted by Crippen LogP contribution is -2.30. The SMILES string of the molecule is COc1ccc([C@H](NC(=O)CC(C)C)c2c(O)ccc3ccccc23)cc1. The molecule has 0 bridgehead atoms. The van der Waals surface area contributed by atoms with Crippen molar-refractivity contribution in [1.82, 2.24) is 5.32 Å². The summed E-state index contributed by atoms with van der Waals surface area (Å²) in [6.45, 7) is 4.02. The van der Waals surface area contributed by atoms with Gasteiger partial charge in [0.05, 0.1) is 13.2 Å². The number of carbonyl (C=O) groups is 1. The molecule has 0 saturated carbocycles. The number of carbonyl (C=O) groups excluding carboxylic acids is 1. The molecule has 3 aromatic rings. The van der Waals surface area contributed by atoms with E-state index in [1.54, 1.807) is 13.2 Å². The fraction of sp³-hybridized carbons (Fsp3) is 0.261. The van der Waals surface area contributed by atoms with Crippen molar-refractivity contribution in [3.05, 3.63) is 71.8 Å². The van der Waals surface area contributed by atoms with E-state index in [2.05, 4.69) is 5.32 Å². The normalized spacial score (nSPS) is 12.1. The summed E-state index contributed by atoms with van der Waals surface area (Å²) in [7, 11) is 1.62. The molecule has 0 unspecified atom stereocenters. The lowest BCUT2D eigenvalue weighted by atomic mass is 9.92. The van der Waals surface area contributed by atoms with Crippen LogP contribution in [0.3, 0.4) is 0 Å². The van der Waals surface area contributed by atoms with Crippen molar-refractivity contribution in [2.24, 2.45) is 5.92 Å². The first-order chi connectivity index (χ1) is 13.0. The van der Waals surface area contributed by atoms with Gasteiger partial charge in [-0.1, -0.05) is 56.3 Å². The molecule has 0 aromatic heterocycles. The Balaban J connectivity index is 2.11. The topological polar surface area (TPSA) is 58.6 Å². The van der Waals surface area contributed by atoms with Crippen LogP contribution < -0.4 is 10.1 Å². The predicted molar refractivity (Wildman–Crippen MR) is 108 cm³/mol. The van der Waals surface area contributed by atoms with Gasteiger partial charge in [-0.05, 0) is 40.5 Å². The van der Waals surface area contributed by atoms with Gasteiger partial charge in [0.2, 0.25) is 5.91 Å². The van der Waals surface area contributed by atoms with E-state index in [0.717, 1.165) is 22.1 Å². The first-order valence-corrected chi connectivity index (χ1v) is 9.13. The van der Waals surface area contributed by atoms with Crippen molar-refractivity contribution in [1.29, 1.82) is 0 Å². The molecule has 0 radical (unpaired) electrons. The smallest absolute Gasteiger partial charge is 0.221 e. The van der Waals surface area contributed by atoms with Gasteiger partial charge in [-0.2, -0.15) is 0 Å². The van der Waals surface area contributed by atoms with Crippen LogP contribution in [-0.2, 0) is 4.79 Å². The number of hydrogen-bond donors (Lipinski definition) is 2. The highest BCUT2D eigenvalue weighted by Crippen LogP contribution is 2.36. The molecule has 1 atom stereocenters. The van der Waals surface area contributed by atoms with Crippen molar-refractivity contribution in [3.63, 3.8) is 0 Å². The quantitative estimate of drug-likeness (QED) is 0.661. The van der Waals surface area contributed by atoms with Gasteiger partial charge in [0.25, 0.3) is 0 Å². The van der Waals surface area contributed by atoms with Gasteiger partial charge in [-0.3, -0.25) is 4.79 Å². The molecule has 1 amide bonds. The van der Waals surface area contributed by atoms with E-state index in [1.807, 2.05) is 68.4 Å². The molecule has 4 nitrogen and oxygen atoms in total. The number of nitrogens with one attached hydrogen (secondary N) is 1. The average molecular weight is 363 g/mol. The van der Waals surface area contributed by atoms with E-state index in [-0.39, 0.29) is 17.6 Å². The lowest BCUT2D eigenvalue weighted by Gasteiger charge is -2.23. The monoisotopic (exact) mass is 363 g/mol. The van der Waals surface area contributed by atoms with E-state index < -0.39 is 6.04 Å². The average Bonchev–Trinajstić information content (AvgIpc) is 2.66. The number of rotatable bonds is 6. The Morgan fingerprint density at radius 2 is 1.74 bits per heavy atom. The maximum absolute atomic E-state index is 12.6. The molecule has 2 N–H and O–H groups in total. The molecule has 4 heteroatoms. The van der Waals surface area contributed by atoms with E-state index in [9.17, 15) is 9.90 Å². The standard InChI is InChI=1S/C23H25NO3/c1-15(2)14-21(26)24-23(17-8-11-18(27-3)12-9-17)22-19-7-5-4-6-16(19)10-13-20(22)25/h4-13,15,23,25H,14H2,1-3H3,(H,24,26)/t23-/m0/s1. The zero-order valence-corrected chi connectivity index (χ0v) is 15.9. The summed E-state index contributed by atoms with van der Waals surface area (Å²) in [4.78, 5) is 12.6.